The number of hydrogen-bond acceptors (Lipinski definition) is 4. The summed E-state index contributed by atoms with van der Waals surface area (Å²) in [5, 5.41) is 11.3. The Balaban J connectivity index is 2.34. The molecule has 4 nitrogen and oxygen atoms in total. The van der Waals surface area contributed by atoms with Gasteiger partial charge in [-0.25, -0.2) is 10.4 Å². The van der Waals surface area contributed by atoms with Crippen LogP contribution in [0.4, 0.5) is 13.2 Å². The summed E-state index contributed by atoms with van der Waals surface area (Å²) in [6.45, 7) is 1.90. The summed E-state index contributed by atoms with van der Waals surface area (Å²) in [5.74, 6) is 0.260. The first-order chi connectivity index (χ1) is 9.38. The molecule has 2 atom stereocenters. The van der Waals surface area contributed by atoms with Gasteiger partial charge in [0.15, 0.2) is 0 Å². The number of aliphatic hydroxyl groups is 1. The summed E-state index contributed by atoms with van der Waals surface area (Å²) in [6.07, 6.45) is 0.240. The molecule has 2 rings (SSSR count). The van der Waals surface area contributed by atoms with Gasteiger partial charge >= 0.3 is 6.18 Å². The van der Waals surface area contributed by atoms with Crippen molar-refractivity contribution in [3.05, 3.63) is 35.4 Å². The predicted molar refractivity (Wildman–Crippen MR) is 67.0 cm³/mol. The Morgan fingerprint density at radius 3 is 2.70 bits per heavy atom. The van der Waals surface area contributed by atoms with Crippen LogP contribution in [-0.4, -0.2) is 35.5 Å². The Hall–Kier alpha value is -1.47. The van der Waals surface area contributed by atoms with Crippen molar-refractivity contribution in [1.82, 2.24) is 10.4 Å². The van der Waals surface area contributed by atoms with Gasteiger partial charge in [0.25, 0.3) is 0 Å². The second-order valence-electron chi connectivity index (χ2n) is 4.67. The topological polar surface area (TPSA) is 44.7 Å². The molecule has 0 bridgehead atoms. The Bertz CT molecular complexity index is 469. The van der Waals surface area contributed by atoms with Crippen molar-refractivity contribution >= 4 is 0 Å². The van der Waals surface area contributed by atoms with Crippen molar-refractivity contribution in [2.75, 3.05) is 7.11 Å². The molecule has 2 N–H and O–H groups in total. The summed E-state index contributed by atoms with van der Waals surface area (Å²) in [6, 6.07) is -1.79. The molecule has 0 spiro atoms. The highest BCUT2D eigenvalue weighted by Crippen LogP contribution is 2.35. The number of nitrogens with zero attached hydrogens (tertiary/aromatic N) is 1. The van der Waals surface area contributed by atoms with E-state index in [0.29, 0.717) is 17.7 Å². The Morgan fingerprint density at radius 2 is 2.15 bits per heavy atom. The van der Waals surface area contributed by atoms with Crippen LogP contribution in [0.15, 0.2) is 35.4 Å². The molecule has 0 saturated heterocycles. The van der Waals surface area contributed by atoms with Gasteiger partial charge in [0.2, 0.25) is 5.88 Å². The molecule has 0 aliphatic carbocycles. The second kappa shape index (κ2) is 5.49. The highest BCUT2D eigenvalue weighted by atomic mass is 19.4. The van der Waals surface area contributed by atoms with E-state index in [-0.39, 0.29) is 5.88 Å². The highest BCUT2D eigenvalue weighted by molar-refractivity contribution is 5.44. The summed E-state index contributed by atoms with van der Waals surface area (Å²) in [5.41, 5.74) is 3.09. The van der Waals surface area contributed by atoms with E-state index in [0.717, 1.165) is 12.5 Å². The third-order valence-electron chi connectivity index (χ3n) is 3.24. The van der Waals surface area contributed by atoms with Crippen LogP contribution in [0, 0.1) is 0 Å². The first-order valence-electron chi connectivity index (χ1n) is 6.37. The minimum absolute atomic E-state index is 0.260. The fourth-order valence-electron chi connectivity index (χ4n) is 2.24. The number of nitrogens with one attached hydrogen (secondary N) is 1. The fourth-order valence-corrected chi connectivity index (χ4v) is 2.24. The minimum Gasteiger partial charge on any atom is -0.481 e. The molecule has 0 radical (unpaired) electrons. The Labute approximate surface area is 115 Å². The van der Waals surface area contributed by atoms with Crippen LogP contribution in [0.5, 0.6) is 0 Å². The molecular formula is C13H17F3N2O2. The summed E-state index contributed by atoms with van der Waals surface area (Å²) in [4.78, 5) is 0. The molecular weight excluding hydrogens is 273 g/mol. The number of halogens is 3. The molecule has 7 heteroatoms. The maximum atomic E-state index is 12.8. The molecule has 2 heterocycles. The van der Waals surface area contributed by atoms with Gasteiger partial charge in [0, 0.05) is 11.6 Å². The molecule has 0 aromatic heterocycles. The lowest BCUT2D eigenvalue weighted by Gasteiger charge is -2.30. The predicted octanol–water partition coefficient (Wildman–Crippen LogP) is 2.21. The van der Waals surface area contributed by atoms with E-state index in [2.05, 4.69) is 5.43 Å². The van der Waals surface area contributed by atoms with Crippen LogP contribution in [0.25, 0.3) is 0 Å². The zero-order valence-electron chi connectivity index (χ0n) is 11.2. The smallest absolute Gasteiger partial charge is 0.409 e. The van der Waals surface area contributed by atoms with Crippen molar-refractivity contribution < 1.29 is 23.0 Å². The summed E-state index contributed by atoms with van der Waals surface area (Å²) < 4.78 is 43.5. The lowest BCUT2D eigenvalue weighted by Crippen LogP contribution is -2.45. The van der Waals surface area contributed by atoms with E-state index in [4.69, 9.17) is 4.74 Å². The number of methoxy groups -OCH3 is 1. The molecule has 2 aliphatic heterocycles. The maximum Gasteiger partial charge on any atom is 0.409 e. The Kier molecular flexibility index (Phi) is 4.10. The largest absolute Gasteiger partial charge is 0.481 e. The SMILES string of the molecule is CCCC(O)C1=CC=C(OC)N2NC(C(F)(F)F)C=C12. The molecule has 2 unspecified atom stereocenters. The van der Waals surface area contributed by atoms with Crippen molar-refractivity contribution in [3.63, 3.8) is 0 Å². The van der Waals surface area contributed by atoms with E-state index in [1.54, 1.807) is 6.08 Å². The molecule has 2 aliphatic rings. The molecule has 0 saturated carbocycles. The average Bonchev–Trinajstić information content (AvgIpc) is 2.82. The van der Waals surface area contributed by atoms with E-state index >= 15 is 0 Å². The number of aliphatic hydroxyl groups excluding tert-OH is 1. The zero-order chi connectivity index (χ0) is 14.9. The standard InChI is InChI=1S/C13H17F3N2O2/c1-3-4-10(19)8-5-6-12(20-2)18-9(8)7-11(17-18)13(14,15)16/h5-7,10-11,17,19H,3-4H2,1-2H3. The highest BCUT2D eigenvalue weighted by Gasteiger charge is 2.45. The first-order valence-corrected chi connectivity index (χ1v) is 6.37. The quantitative estimate of drug-likeness (QED) is 0.833. The number of alkyl halides is 3. The average molecular weight is 290 g/mol. The van der Waals surface area contributed by atoms with Gasteiger partial charge in [-0.3, -0.25) is 0 Å². The van der Waals surface area contributed by atoms with Gasteiger partial charge in [0.05, 0.1) is 18.9 Å². The van der Waals surface area contributed by atoms with Crippen molar-refractivity contribution in [3.8, 4) is 0 Å². The second-order valence-corrected chi connectivity index (χ2v) is 4.67. The molecule has 0 aromatic carbocycles. The molecule has 112 valence electrons. The van der Waals surface area contributed by atoms with Crippen LogP contribution >= 0.6 is 0 Å². The van der Waals surface area contributed by atoms with E-state index in [1.165, 1.54) is 18.2 Å². The first kappa shape index (κ1) is 14.9. The molecule has 0 fully saturated rings. The summed E-state index contributed by atoms with van der Waals surface area (Å²) in [7, 11) is 1.38. The molecule has 20 heavy (non-hydrogen) atoms. The third kappa shape index (κ3) is 2.69. The number of rotatable bonds is 4. The van der Waals surface area contributed by atoms with E-state index in [9.17, 15) is 18.3 Å². The monoisotopic (exact) mass is 290 g/mol. The number of hydrogen-bond donors (Lipinski definition) is 2. The molecule has 0 amide bonds. The van der Waals surface area contributed by atoms with Crippen molar-refractivity contribution in [2.24, 2.45) is 0 Å². The van der Waals surface area contributed by atoms with Crippen LogP contribution in [-0.2, 0) is 4.74 Å². The van der Waals surface area contributed by atoms with Gasteiger partial charge in [-0.05, 0) is 18.6 Å². The number of fused-ring (bicyclic) bond motifs is 1. The number of hydrazine groups is 1. The van der Waals surface area contributed by atoms with Gasteiger partial charge in [-0.1, -0.05) is 13.3 Å². The lowest BCUT2D eigenvalue weighted by atomic mass is 9.99. The van der Waals surface area contributed by atoms with Crippen LogP contribution in [0.1, 0.15) is 19.8 Å². The molecule has 0 aromatic rings. The summed E-state index contributed by atoms with van der Waals surface area (Å²) >= 11 is 0. The minimum atomic E-state index is -4.40. The number of allylic oxidation sites excluding steroid dienone is 2. The van der Waals surface area contributed by atoms with Crippen LogP contribution < -0.4 is 5.43 Å². The van der Waals surface area contributed by atoms with Crippen LogP contribution in [0.3, 0.4) is 0 Å². The van der Waals surface area contributed by atoms with Crippen LogP contribution in [0.2, 0.25) is 0 Å². The maximum absolute atomic E-state index is 12.8. The lowest BCUT2D eigenvalue weighted by molar-refractivity contribution is -0.149. The van der Waals surface area contributed by atoms with Gasteiger partial charge < -0.3 is 9.84 Å². The van der Waals surface area contributed by atoms with Gasteiger partial charge in [-0.2, -0.15) is 13.2 Å². The third-order valence-corrected chi connectivity index (χ3v) is 3.24. The van der Waals surface area contributed by atoms with Crippen molar-refractivity contribution in [2.45, 2.75) is 38.1 Å². The van der Waals surface area contributed by atoms with E-state index in [1.807, 2.05) is 6.92 Å². The van der Waals surface area contributed by atoms with Crippen molar-refractivity contribution in [1.29, 1.82) is 0 Å². The normalized spacial score (nSPS) is 23.8. The Morgan fingerprint density at radius 1 is 1.45 bits per heavy atom. The van der Waals surface area contributed by atoms with Gasteiger partial charge in [-0.15, -0.1) is 0 Å². The van der Waals surface area contributed by atoms with Gasteiger partial charge in [0.1, 0.15) is 6.04 Å². The number of ether oxygens (including phenoxy) is 1. The fraction of sp³-hybridized carbons (Fsp3) is 0.538. The zero-order valence-corrected chi connectivity index (χ0v) is 11.2. The van der Waals surface area contributed by atoms with E-state index < -0.39 is 18.3 Å².